The van der Waals surface area contributed by atoms with Gasteiger partial charge in [-0.15, -0.1) is 0 Å². The van der Waals surface area contributed by atoms with Gasteiger partial charge in [-0.3, -0.25) is 9.48 Å². The fourth-order valence-electron chi connectivity index (χ4n) is 2.59. The van der Waals surface area contributed by atoms with Crippen LogP contribution in [0.2, 0.25) is 0 Å². The third-order valence-corrected chi connectivity index (χ3v) is 3.77. The third-order valence-electron chi connectivity index (χ3n) is 3.77. The summed E-state index contributed by atoms with van der Waals surface area (Å²) in [5.41, 5.74) is -2.39. The molecule has 0 fully saturated rings. The lowest BCUT2D eigenvalue weighted by Crippen LogP contribution is -2.15. The second-order valence-corrected chi connectivity index (χ2v) is 5.65. The van der Waals surface area contributed by atoms with E-state index in [9.17, 15) is 31.9 Å². The number of carbonyl (C=O) groups excluding carboxylic acids is 1. The van der Waals surface area contributed by atoms with Crippen LogP contribution in [0.1, 0.15) is 28.2 Å². The van der Waals surface area contributed by atoms with Crippen LogP contribution < -0.4 is 5.32 Å². The van der Waals surface area contributed by atoms with Gasteiger partial charge < -0.3 is 10.4 Å². The Balaban J connectivity index is 1.99. The third kappa shape index (κ3) is 3.45. The molecule has 0 bridgehead atoms. The lowest BCUT2D eigenvalue weighted by Gasteiger charge is -2.10. The molecule has 0 atom stereocenters. The van der Waals surface area contributed by atoms with Crippen LogP contribution in [0.5, 0.6) is 0 Å². The standard InChI is InChI=1S/C16H12F5N5O2/c1-25-5-8(13(24-25)15(20)21)16(28)23-11-4-22-26(12(11)6-27)14-9(18)2-7(17)3-10(14)19/h2-5,15,27H,6H2,1H3,(H,23,28). The van der Waals surface area contributed by atoms with Gasteiger partial charge in [0, 0.05) is 25.4 Å². The molecule has 0 saturated carbocycles. The number of carbonyl (C=O) groups is 1. The van der Waals surface area contributed by atoms with Crippen molar-refractivity contribution in [2.24, 2.45) is 7.05 Å². The highest BCUT2D eigenvalue weighted by atomic mass is 19.3. The van der Waals surface area contributed by atoms with Crippen molar-refractivity contribution in [2.75, 3.05) is 5.32 Å². The quantitative estimate of drug-likeness (QED) is 0.644. The van der Waals surface area contributed by atoms with E-state index in [1.54, 1.807) is 0 Å². The molecule has 3 aromatic rings. The first kappa shape index (κ1) is 19.5. The van der Waals surface area contributed by atoms with Crippen LogP contribution in [0.25, 0.3) is 5.69 Å². The molecule has 0 aliphatic carbocycles. The molecule has 1 aromatic carbocycles. The van der Waals surface area contributed by atoms with Crippen molar-refractivity contribution < 1.29 is 31.9 Å². The maximum Gasteiger partial charge on any atom is 0.282 e. The van der Waals surface area contributed by atoms with E-state index >= 15 is 0 Å². The van der Waals surface area contributed by atoms with Gasteiger partial charge in [0.2, 0.25) is 0 Å². The van der Waals surface area contributed by atoms with Crippen molar-refractivity contribution in [3.63, 3.8) is 0 Å². The number of benzene rings is 1. The molecule has 0 saturated heterocycles. The van der Waals surface area contributed by atoms with Gasteiger partial charge >= 0.3 is 0 Å². The molecule has 7 nitrogen and oxygen atoms in total. The summed E-state index contributed by atoms with van der Waals surface area (Å²) in [4.78, 5) is 12.3. The fourth-order valence-corrected chi connectivity index (χ4v) is 2.59. The topological polar surface area (TPSA) is 85.0 Å². The highest BCUT2D eigenvalue weighted by Gasteiger charge is 2.25. The summed E-state index contributed by atoms with van der Waals surface area (Å²) in [5.74, 6) is -4.72. The summed E-state index contributed by atoms with van der Waals surface area (Å²) in [6.07, 6.45) is -0.979. The first-order chi connectivity index (χ1) is 13.2. The molecular formula is C16H12F5N5O2. The number of alkyl halides is 2. The second-order valence-electron chi connectivity index (χ2n) is 5.65. The summed E-state index contributed by atoms with van der Waals surface area (Å²) in [6, 6.07) is 0.841. The van der Waals surface area contributed by atoms with Crippen LogP contribution in [0, 0.1) is 17.5 Å². The highest BCUT2D eigenvalue weighted by molar-refractivity contribution is 6.05. The van der Waals surface area contributed by atoms with Gasteiger partial charge in [-0.05, 0) is 0 Å². The zero-order valence-corrected chi connectivity index (χ0v) is 14.1. The Hall–Kier alpha value is -3.28. The fraction of sp³-hybridized carbons (Fsp3) is 0.188. The molecular weight excluding hydrogens is 389 g/mol. The monoisotopic (exact) mass is 401 g/mol. The molecule has 0 aliphatic heterocycles. The number of anilines is 1. The Kier molecular flexibility index (Phi) is 5.14. The van der Waals surface area contributed by atoms with Crippen molar-refractivity contribution in [2.45, 2.75) is 13.0 Å². The summed E-state index contributed by atoms with van der Waals surface area (Å²) in [7, 11) is 1.35. The molecule has 1 amide bonds. The first-order valence-corrected chi connectivity index (χ1v) is 7.68. The van der Waals surface area contributed by atoms with Crippen molar-refractivity contribution in [3.8, 4) is 5.69 Å². The molecule has 0 aliphatic rings. The number of rotatable bonds is 5. The maximum atomic E-state index is 14.0. The van der Waals surface area contributed by atoms with Crippen molar-refractivity contribution in [3.05, 3.63) is 58.9 Å². The molecule has 0 radical (unpaired) electrons. The van der Waals surface area contributed by atoms with Crippen LogP contribution >= 0.6 is 0 Å². The van der Waals surface area contributed by atoms with Crippen LogP contribution in [0.4, 0.5) is 27.6 Å². The van der Waals surface area contributed by atoms with Gasteiger partial charge in [-0.25, -0.2) is 26.6 Å². The number of nitrogens with zero attached hydrogens (tertiary/aromatic N) is 4. The van der Waals surface area contributed by atoms with Gasteiger partial charge in [0.05, 0.1) is 29.7 Å². The van der Waals surface area contributed by atoms with E-state index in [1.807, 2.05) is 0 Å². The van der Waals surface area contributed by atoms with E-state index in [-0.39, 0.29) is 11.4 Å². The van der Waals surface area contributed by atoms with E-state index < -0.39 is 53.3 Å². The molecule has 2 aromatic heterocycles. The normalized spacial score (nSPS) is 11.3. The van der Waals surface area contributed by atoms with Crippen molar-refractivity contribution in [1.29, 1.82) is 0 Å². The lowest BCUT2D eigenvalue weighted by atomic mass is 10.2. The Bertz CT molecular complexity index is 1020. The Morgan fingerprint density at radius 1 is 1.25 bits per heavy atom. The molecule has 3 rings (SSSR count). The average Bonchev–Trinajstić information content (AvgIpc) is 3.17. The van der Waals surface area contributed by atoms with Crippen LogP contribution in [0.15, 0.2) is 24.5 Å². The summed E-state index contributed by atoms with van der Waals surface area (Å²) in [6.45, 7) is -0.819. The minimum absolute atomic E-state index is 0.181. The molecule has 2 N–H and O–H groups in total. The van der Waals surface area contributed by atoms with Gasteiger partial charge in [0.1, 0.15) is 17.2 Å². The number of amides is 1. The Morgan fingerprint density at radius 3 is 2.46 bits per heavy atom. The van der Waals surface area contributed by atoms with Crippen molar-refractivity contribution >= 4 is 11.6 Å². The average molecular weight is 401 g/mol. The maximum absolute atomic E-state index is 14.0. The molecule has 2 heterocycles. The number of nitrogens with one attached hydrogen (secondary N) is 1. The Labute approximate surface area is 154 Å². The van der Waals surface area contributed by atoms with Gasteiger partial charge in [0.25, 0.3) is 12.3 Å². The summed E-state index contributed by atoms with van der Waals surface area (Å²) in [5, 5.41) is 19.0. The number of aryl methyl sites for hydroxylation is 1. The zero-order chi connectivity index (χ0) is 20.6. The number of aliphatic hydroxyl groups is 1. The highest BCUT2D eigenvalue weighted by Crippen LogP contribution is 2.26. The van der Waals surface area contributed by atoms with Crippen LogP contribution in [-0.2, 0) is 13.7 Å². The van der Waals surface area contributed by atoms with Crippen LogP contribution in [-0.4, -0.2) is 30.6 Å². The SMILES string of the molecule is Cn1cc(C(=O)Nc2cnn(-c3c(F)cc(F)cc3F)c2CO)c(C(F)F)n1. The van der Waals surface area contributed by atoms with Gasteiger partial charge in [0.15, 0.2) is 11.6 Å². The van der Waals surface area contributed by atoms with E-state index in [2.05, 4.69) is 15.5 Å². The number of aliphatic hydroxyl groups excluding tert-OH is 1. The Morgan fingerprint density at radius 2 is 1.89 bits per heavy atom. The largest absolute Gasteiger partial charge is 0.390 e. The smallest absolute Gasteiger partial charge is 0.282 e. The van der Waals surface area contributed by atoms with Crippen molar-refractivity contribution in [1.82, 2.24) is 19.6 Å². The predicted molar refractivity (Wildman–Crippen MR) is 85.5 cm³/mol. The van der Waals surface area contributed by atoms with E-state index in [1.165, 1.54) is 7.05 Å². The molecule has 0 unspecified atom stereocenters. The second kappa shape index (κ2) is 7.38. The molecule has 0 spiro atoms. The number of hydrogen-bond acceptors (Lipinski definition) is 4. The van der Waals surface area contributed by atoms with Gasteiger partial charge in [-0.2, -0.15) is 10.2 Å². The number of halogens is 5. The lowest BCUT2D eigenvalue weighted by molar-refractivity contribution is 0.101. The van der Waals surface area contributed by atoms with E-state index in [4.69, 9.17) is 0 Å². The number of aromatic nitrogens is 4. The zero-order valence-electron chi connectivity index (χ0n) is 14.1. The van der Waals surface area contributed by atoms with Gasteiger partial charge in [-0.1, -0.05) is 0 Å². The molecule has 28 heavy (non-hydrogen) atoms. The first-order valence-electron chi connectivity index (χ1n) is 7.68. The summed E-state index contributed by atoms with van der Waals surface area (Å²) >= 11 is 0. The molecule has 148 valence electrons. The summed E-state index contributed by atoms with van der Waals surface area (Å²) < 4.78 is 68.7. The van der Waals surface area contributed by atoms with Crippen LogP contribution in [0.3, 0.4) is 0 Å². The molecule has 12 heteroatoms. The minimum atomic E-state index is -3.01. The predicted octanol–water partition coefficient (Wildman–Crippen LogP) is 2.71. The number of hydrogen-bond donors (Lipinski definition) is 2. The van der Waals surface area contributed by atoms with E-state index in [0.29, 0.717) is 16.8 Å². The minimum Gasteiger partial charge on any atom is -0.390 e. The van der Waals surface area contributed by atoms with E-state index in [0.717, 1.165) is 17.1 Å².